The molecule has 428 valence electrons. The minimum absolute atomic E-state index is 0.132. The average Bonchev–Trinajstić information content (AvgIpc) is 4.02. The highest BCUT2D eigenvalue weighted by Gasteiger charge is 2.32. The van der Waals surface area contributed by atoms with Crippen molar-refractivity contribution in [2.75, 3.05) is 64.0 Å². The van der Waals surface area contributed by atoms with Crippen molar-refractivity contribution in [2.24, 2.45) is 0 Å². The molecule has 23 nitrogen and oxygen atoms in total. The van der Waals surface area contributed by atoms with Gasteiger partial charge in [0, 0.05) is 103 Å². The molecule has 6 rings (SSSR count). The SMILES string of the molecule is C=C1N(C)C(=O)c2[nH]c(CCCC(=O)NCCCN(CCCCN(CCCNC(=O)c3cc(C)c(OC(=O)c4c5ccccc5[n+](CCCS(=O)(=O)O)c5ccccc45)c(C)c3)C(=O)CCC(=O)O)C(=O)CCC(=O)O)nc2N1C. The number of aromatic nitrogens is 3. The molecule has 80 heavy (non-hydrogen) atoms. The average molecular weight is 1130 g/mol. The molecule has 0 saturated carbocycles. The van der Waals surface area contributed by atoms with Crippen molar-refractivity contribution in [3.63, 3.8) is 0 Å². The first-order valence-electron chi connectivity index (χ1n) is 26.5. The third-order valence-corrected chi connectivity index (χ3v) is 14.5. The summed E-state index contributed by atoms with van der Waals surface area (Å²) in [5.74, 6) is -3.18. The lowest BCUT2D eigenvalue weighted by Gasteiger charge is -2.32. The molecule has 3 heterocycles. The lowest BCUT2D eigenvalue weighted by atomic mass is 10.0. The third kappa shape index (κ3) is 16.4. The fourth-order valence-electron chi connectivity index (χ4n) is 9.57. The van der Waals surface area contributed by atoms with Crippen LogP contribution in [0, 0.1) is 13.8 Å². The third-order valence-electron chi connectivity index (χ3n) is 13.7. The zero-order valence-electron chi connectivity index (χ0n) is 45.5. The molecular formula is C56H70N9O14S+. The number of imidazole rings is 1. The van der Waals surface area contributed by atoms with E-state index in [0.29, 0.717) is 106 Å². The normalized spacial score (nSPS) is 12.4. The van der Waals surface area contributed by atoms with Gasteiger partial charge in [-0.1, -0.05) is 30.8 Å². The summed E-state index contributed by atoms with van der Waals surface area (Å²) in [7, 11) is -0.805. The molecule has 0 unspecified atom stereocenters. The van der Waals surface area contributed by atoms with E-state index in [4.69, 9.17) is 4.74 Å². The molecule has 0 radical (unpaired) electrons. The fourth-order valence-corrected chi connectivity index (χ4v) is 10.1. The predicted molar refractivity (Wildman–Crippen MR) is 295 cm³/mol. The highest BCUT2D eigenvalue weighted by atomic mass is 32.2. The lowest BCUT2D eigenvalue weighted by Crippen LogP contribution is -2.40. The van der Waals surface area contributed by atoms with E-state index in [1.54, 1.807) is 81.4 Å². The molecule has 0 atom stereocenters. The van der Waals surface area contributed by atoms with Crippen molar-refractivity contribution in [1.29, 1.82) is 0 Å². The molecule has 0 saturated heterocycles. The number of carbonyl (C=O) groups excluding carboxylic acids is 6. The first-order chi connectivity index (χ1) is 38.0. The van der Waals surface area contributed by atoms with E-state index in [2.05, 4.69) is 27.2 Å². The molecule has 2 aromatic heterocycles. The van der Waals surface area contributed by atoms with Crippen LogP contribution in [0.25, 0.3) is 21.8 Å². The van der Waals surface area contributed by atoms with Crippen LogP contribution in [0.1, 0.15) is 119 Å². The maximum absolute atomic E-state index is 14.2. The van der Waals surface area contributed by atoms with Gasteiger partial charge >= 0.3 is 17.9 Å². The number of carboxylic acids is 2. The minimum Gasteiger partial charge on any atom is -0.481 e. The molecular weight excluding hydrogens is 1050 g/mol. The van der Waals surface area contributed by atoms with Gasteiger partial charge in [-0.15, -0.1) is 0 Å². The Kier molecular flexibility index (Phi) is 21.4. The fraction of sp³-hybridized carbons (Fsp3) is 0.429. The van der Waals surface area contributed by atoms with E-state index < -0.39 is 45.6 Å². The number of carboxylic acid groups (broad SMARTS) is 2. The Labute approximate surface area is 463 Å². The number of unbranched alkanes of at least 4 members (excludes halogenated alkanes) is 1. The Hall–Kier alpha value is -8.25. The quantitative estimate of drug-likeness (QED) is 0.00887. The van der Waals surface area contributed by atoms with Crippen molar-refractivity contribution in [1.82, 2.24) is 35.3 Å². The van der Waals surface area contributed by atoms with Gasteiger partial charge in [0.25, 0.3) is 21.9 Å². The van der Waals surface area contributed by atoms with Crippen molar-refractivity contribution in [3.05, 3.63) is 107 Å². The number of amides is 5. The van der Waals surface area contributed by atoms with Crippen molar-refractivity contribution >= 4 is 85.2 Å². The number of hydrogen-bond donors (Lipinski definition) is 6. The summed E-state index contributed by atoms with van der Waals surface area (Å²) in [5.41, 5.74) is 3.29. The number of aromatic amines is 1. The molecule has 0 spiro atoms. The van der Waals surface area contributed by atoms with E-state index in [9.17, 15) is 61.5 Å². The first-order valence-corrected chi connectivity index (χ1v) is 28.1. The second-order valence-electron chi connectivity index (χ2n) is 19.7. The number of aliphatic carboxylic acids is 2. The summed E-state index contributed by atoms with van der Waals surface area (Å²) in [4.78, 5) is 116. The van der Waals surface area contributed by atoms with Crippen LogP contribution in [-0.2, 0) is 47.1 Å². The summed E-state index contributed by atoms with van der Waals surface area (Å²) in [5, 5.41) is 25.4. The largest absolute Gasteiger partial charge is 0.481 e. The monoisotopic (exact) mass is 1120 g/mol. The molecule has 0 aliphatic carbocycles. The van der Waals surface area contributed by atoms with Crippen LogP contribution >= 0.6 is 0 Å². The number of fused-ring (bicyclic) bond motifs is 3. The van der Waals surface area contributed by atoms with Crippen LogP contribution in [-0.4, -0.2) is 154 Å². The molecule has 6 N–H and O–H groups in total. The van der Waals surface area contributed by atoms with Gasteiger partial charge < -0.3 is 45.3 Å². The van der Waals surface area contributed by atoms with Gasteiger partial charge in [-0.25, -0.2) is 9.78 Å². The second-order valence-corrected chi connectivity index (χ2v) is 21.2. The van der Waals surface area contributed by atoms with E-state index in [-0.39, 0.29) is 108 Å². The maximum atomic E-state index is 14.2. The number of ether oxygens (including phenoxy) is 1. The molecule has 5 amide bonds. The van der Waals surface area contributed by atoms with Gasteiger partial charge in [-0.3, -0.25) is 43.0 Å². The zero-order valence-corrected chi connectivity index (χ0v) is 46.4. The Balaban J connectivity index is 0.991. The van der Waals surface area contributed by atoms with Gasteiger partial charge in [0.2, 0.25) is 28.8 Å². The molecule has 5 aromatic rings. The number of esters is 1. The highest BCUT2D eigenvalue weighted by molar-refractivity contribution is 7.85. The number of aryl methyl sites for hydroxylation is 4. The Morgan fingerprint density at radius 2 is 1.25 bits per heavy atom. The number of nitrogens with zero attached hydrogens (tertiary/aromatic N) is 6. The number of rotatable bonds is 30. The molecule has 0 fully saturated rings. The van der Waals surface area contributed by atoms with Crippen molar-refractivity contribution < 1.29 is 70.8 Å². The van der Waals surface area contributed by atoms with Crippen LogP contribution in [0.5, 0.6) is 5.75 Å². The number of para-hydroxylation sites is 2. The maximum Gasteiger partial charge on any atom is 0.345 e. The molecule has 1 aliphatic heterocycles. The lowest BCUT2D eigenvalue weighted by molar-refractivity contribution is -0.645. The number of benzene rings is 3. The summed E-state index contributed by atoms with van der Waals surface area (Å²) in [6.07, 6.45) is 1.57. The van der Waals surface area contributed by atoms with Crippen LogP contribution in [0.4, 0.5) is 5.82 Å². The van der Waals surface area contributed by atoms with E-state index in [0.717, 1.165) is 0 Å². The highest BCUT2D eigenvalue weighted by Crippen LogP contribution is 2.31. The summed E-state index contributed by atoms with van der Waals surface area (Å²) in [6, 6.07) is 17.6. The molecule has 24 heteroatoms. The van der Waals surface area contributed by atoms with Gasteiger partial charge in [-0.2, -0.15) is 13.0 Å². The smallest absolute Gasteiger partial charge is 0.345 e. The van der Waals surface area contributed by atoms with Gasteiger partial charge in [0.05, 0.1) is 34.9 Å². The van der Waals surface area contributed by atoms with Crippen LogP contribution in [0.15, 0.2) is 73.1 Å². The summed E-state index contributed by atoms with van der Waals surface area (Å²) < 4.78 is 40.3. The second kappa shape index (κ2) is 28.1. The minimum atomic E-state index is -4.19. The van der Waals surface area contributed by atoms with E-state index >= 15 is 0 Å². The van der Waals surface area contributed by atoms with Crippen molar-refractivity contribution in [2.45, 2.75) is 97.4 Å². The first kappa shape index (κ1) is 61.0. The van der Waals surface area contributed by atoms with Gasteiger partial charge in [-0.05, 0) is 81.3 Å². The van der Waals surface area contributed by atoms with Crippen LogP contribution in [0.3, 0.4) is 0 Å². The zero-order chi connectivity index (χ0) is 58.3. The number of anilines is 1. The summed E-state index contributed by atoms with van der Waals surface area (Å²) in [6.45, 7) is 8.89. The topological polar surface area (TPSA) is 310 Å². The van der Waals surface area contributed by atoms with Crippen LogP contribution < -0.4 is 24.8 Å². The molecule has 1 aliphatic rings. The van der Waals surface area contributed by atoms with Crippen LogP contribution in [0.2, 0.25) is 0 Å². The van der Waals surface area contributed by atoms with E-state index in [1.807, 2.05) is 16.7 Å². The van der Waals surface area contributed by atoms with Gasteiger partial charge in [0.1, 0.15) is 23.1 Å². The standard InChI is InChI=1S/C56H69N9O14S/c1-36-34-39(35-37(2)52(36)79-56(75)50-40-16-6-8-18-42(40)65(32-15-33-80(76,77)78)43-19-9-7-17-41(43)50)54(73)58-27-14-31-64(47(68)23-25-49(71)72)29-11-10-28-63(46(67)22-24-48(69)70)30-13-26-57-45(66)21-12-20-44-59-51-53(60-44)61(4)38(3)62(5)55(51)74/h6-9,16-19,34-35H,3,10-15,20-33H2,1-2,4-5H3,(H5-,57,58,59,60,66,69,70,71,72,73,74,76,77,78)/p+1. The number of hydrogen-bond acceptors (Lipinski definition) is 13. The Morgan fingerprint density at radius 1 is 0.725 bits per heavy atom. The van der Waals surface area contributed by atoms with Gasteiger partial charge in [0.15, 0.2) is 12.4 Å². The number of pyridine rings is 1. The molecule has 0 bridgehead atoms. The predicted octanol–water partition coefficient (Wildman–Crippen LogP) is 4.93. The Morgan fingerprint density at radius 3 is 1.79 bits per heavy atom. The number of H-pyrrole nitrogens is 1. The summed E-state index contributed by atoms with van der Waals surface area (Å²) >= 11 is 0. The van der Waals surface area contributed by atoms with Crippen molar-refractivity contribution in [3.8, 4) is 5.75 Å². The molecule has 3 aromatic carbocycles. The van der Waals surface area contributed by atoms with E-state index in [1.165, 1.54) is 14.7 Å². The Bertz CT molecular complexity index is 3210. The number of nitrogens with one attached hydrogen (secondary N) is 3. The number of carbonyl (C=O) groups is 8.